The first-order valence-electron chi connectivity index (χ1n) is 6.71. The van der Waals surface area contributed by atoms with Gasteiger partial charge in [-0.15, -0.1) is 0 Å². The second-order valence-corrected chi connectivity index (χ2v) is 5.37. The Balaban J connectivity index is 2.09. The van der Waals surface area contributed by atoms with Crippen molar-refractivity contribution in [3.63, 3.8) is 0 Å². The van der Waals surface area contributed by atoms with Crippen molar-refractivity contribution in [1.29, 1.82) is 0 Å². The number of nitrogens with zero attached hydrogens (tertiary/aromatic N) is 1. The number of ether oxygens (including phenoxy) is 2. The van der Waals surface area contributed by atoms with Crippen molar-refractivity contribution in [3.8, 4) is 0 Å². The van der Waals surface area contributed by atoms with Crippen LogP contribution in [0.5, 0.6) is 0 Å². The van der Waals surface area contributed by atoms with Crippen molar-refractivity contribution in [3.05, 3.63) is 0 Å². The summed E-state index contributed by atoms with van der Waals surface area (Å²) in [6, 6.07) is 0. The van der Waals surface area contributed by atoms with Crippen molar-refractivity contribution >= 4 is 5.91 Å². The Morgan fingerprint density at radius 2 is 2.06 bits per heavy atom. The summed E-state index contributed by atoms with van der Waals surface area (Å²) in [6.45, 7) is 4.73. The molecule has 2 aliphatic heterocycles. The zero-order valence-electron chi connectivity index (χ0n) is 11.4. The van der Waals surface area contributed by atoms with Gasteiger partial charge in [-0.1, -0.05) is 0 Å². The van der Waals surface area contributed by atoms with Crippen molar-refractivity contribution in [1.82, 2.24) is 10.2 Å². The number of piperidine rings is 1. The van der Waals surface area contributed by atoms with Crippen LogP contribution in [0.2, 0.25) is 0 Å². The predicted octanol–water partition coefficient (Wildman–Crippen LogP) is 0.107. The fraction of sp³-hybridized carbons (Fsp3) is 0.923. The third kappa shape index (κ3) is 2.53. The maximum atomic E-state index is 12.4. The Bertz CT molecular complexity index is 290. The molecule has 1 atom stereocenters. The van der Waals surface area contributed by atoms with Crippen LogP contribution in [0, 0.1) is 11.3 Å². The predicted molar refractivity (Wildman–Crippen MR) is 68.4 cm³/mol. The minimum absolute atomic E-state index is 0.0291. The van der Waals surface area contributed by atoms with Gasteiger partial charge in [0.15, 0.2) is 0 Å². The first-order chi connectivity index (χ1) is 8.73. The molecule has 0 aromatic rings. The van der Waals surface area contributed by atoms with Gasteiger partial charge in [-0.25, -0.2) is 0 Å². The van der Waals surface area contributed by atoms with Crippen molar-refractivity contribution in [2.24, 2.45) is 11.3 Å². The number of nitrogens with one attached hydrogen (secondary N) is 1. The smallest absolute Gasteiger partial charge is 0.228 e. The number of likely N-dealkylation sites (tertiary alicyclic amines) is 1. The van der Waals surface area contributed by atoms with E-state index in [2.05, 4.69) is 5.32 Å². The van der Waals surface area contributed by atoms with Crippen molar-refractivity contribution in [2.75, 3.05) is 53.6 Å². The van der Waals surface area contributed by atoms with E-state index >= 15 is 0 Å². The van der Waals surface area contributed by atoms with Gasteiger partial charge in [-0.2, -0.15) is 0 Å². The molecule has 2 rings (SSSR count). The van der Waals surface area contributed by atoms with Crippen LogP contribution in [0.4, 0.5) is 0 Å². The highest BCUT2D eigenvalue weighted by Gasteiger charge is 2.51. The summed E-state index contributed by atoms with van der Waals surface area (Å²) in [5.74, 6) is 0.275. The zero-order chi connectivity index (χ0) is 13.0. The Labute approximate surface area is 109 Å². The number of hydrogen-bond donors (Lipinski definition) is 1. The summed E-state index contributed by atoms with van der Waals surface area (Å²) >= 11 is 0. The van der Waals surface area contributed by atoms with Crippen LogP contribution in [0.25, 0.3) is 0 Å². The van der Waals surface area contributed by atoms with Gasteiger partial charge < -0.3 is 19.7 Å². The molecular formula is C13H24N2O3. The van der Waals surface area contributed by atoms with Crippen LogP contribution in [0.3, 0.4) is 0 Å². The van der Waals surface area contributed by atoms with Crippen LogP contribution in [0.15, 0.2) is 0 Å². The summed E-state index contributed by atoms with van der Waals surface area (Å²) in [4.78, 5) is 14.4. The van der Waals surface area contributed by atoms with Crippen LogP contribution in [0.1, 0.15) is 12.8 Å². The first-order valence-corrected chi connectivity index (χ1v) is 6.71. The summed E-state index contributed by atoms with van der Waals surface area (Å²) in [6.07, 6.45) is 2.13. The Morgan fingerprint density at radius 1 is 1.33 bits per heavy atom. The Kier molecular flexibility index (Phi) is 4.59. The summed E-state index contributed by atoms with van der Waals surface area (Å²) in [5, 5.41) is 3.38. The standard InChI is InChI=1S/C13H24N2O3/c1-17-8-7-15-10-13(3-5-14-6-4-13)11(9-18-2)12(15)16/h11,14H,3-10H2,1-2H3. The third-order valence-electron chi connectivity index (χ3n) is 4.35. The largest absolute Gasteiger partial charge is 0.384 e. The van der Waals surface area contributed by atoms with Gasteiger partial charge in [-0.05, 0) is 25.9 Å². The summed E-state index contributed by atoms with van der Waals surface area (Å²) < 4.78 is 10.4. The van der Waals surface area contributed by atoms with Gasteiger partial charge in [0, 0.05) is 32.7 Å². The quantitative estimate of drug-likeness (QED) is 0.758. The minimum atomic E-state index is 0.0291. The molecule has 1 unspecified atom stereocenters. The van der Waals surface area contributed by atoms with Crippen LogP contribution >= 0.6 is 0 Å². The molecular weight excluding hydrogens is 232 g/mol. The van der Waals surface area contributed by atoms with Gasteiger partial charge >= 0.3 is 0 Å². The molecule has 0 aromatic heterocycles. The van der Waals surface area contributed by atoms with Crippen molar-refractivity contribution < 1.29 is 14.3 Å². The van der Waals surface area contributed by atoms with Gasteiger partial charge in [-0.3, -0.25) is 4.79 Å². The number of rotatable bonds is 5. The lowest BCUT2D eigenvalue weighted by Gasteiger charge is -2.37. The van der Waals surface area contributed by atoms with Crippen LogP contribution < -0.4 is 5.32 Å². The average Bonchev–Trinajstić information content (AvgIpc) is 2.63. The fourth-order valence-electron chi connectivity index (χ4n) is 3.29. The summed E-state index contributed by atoms with van der Waals surface area (Å²) in [7, 11) is 3.35. The van der Waals surface area contributed by atoms with Crippen molar-refractivity contribution in [2.45, 2.75) is 12.8 Å². The number of amides is 1. The van der Waals surface area contributed by atoms with E-state index in [0.29, 0.717) is 19.8 Å². The van der Waals surface area contributed by atoms with E-state index in [1.54, 1.807) is 14.2 Å². The van der Waals surface area contributed by atoms with Gasteiger partial charge in [0.2, 0.25) is 5.91 Å². The number of carbonyl (C=O) groups excluding carboxylic acids is 1. The maximum Gasteiger partial charge on any atom is 0.228 e. The highest BCUT2D eigenvalue weighted by atomic mass is 16.5. The lowest BCUT2D eigenvalue weighted by Crippen LogP contribution is -2.43. The minimum Gasteiger partial charge on any atom is -0.384 e. The number of hydrogen-bond acceptors (Lipinski definition) is 4. The Morgan fingerprint density at radius 3 is 2.67 bits per heavy atom. The molecule has 0 radical (unpaired) electrons. The maximum absolute atomic E-state index is 12.4. The van der Waals surface area contributed by atoms with Crippen LogP contribution in [-0.4, -0.2) is 64.4 Å². The van der Waals surface area contributed by atoms with E-state index in [0.717, 1.165) is 32.5 Å². The molecule has 18 heavy (non-hydrogen) atoms. The first kappa shape index (κ1) is 13.8. The molecule has 2 aliphatic rings. The van der Waals surface area contributed by atoms with E-state index in [-0.39, 0.29) is 17.2 Å². The molecule has 0 aliphatic carbocycles. The van der Waals surface area contributed by atoms with Gasteiger partial charge in [0.05, 0.1) is 19.1 Å². The fourth-order valence-corrected chi connectivity index (χ4v) is 3.29. The molecule has 0 aromatic carbocycles. The molecule has 5 nitrogen and oxygen atoms in total. The zero-order valence-corrected chi connectivity index (χ0v) is 11.4. The van der Waals surface area contributed by atoms with E-state index in [4.69, 9.17) is 9.47 Å². The second kappa shape index (κ2) is 5.99. The monoisotopic (exact) mass is 256 g/mol. The topological polar surface area (TPSA) is 50.8 Å². The van der Waals surface area contributed by atoms with E-state index in [1.807, 2.05) is 4.90 Å². The number of methoxy groups -OCH3 is 2. The van der Waals surface area contributed by atoms with Gasteiger partial charge in [0.1, 0.15) is 0 Å². The van der Waals surface area contributed by atoms with E-state index in [1.165, 1.54) is 0 Å². The third-order valence-corrected chi connectivity index (χ3v) is 4.35. The average molecular weight is 256 g/mol. The highest BCUT2D eigenvalue weighted by molar-refractivity contribution is 5.82. The van der Waals surface area contributed by atoms with Crippen LogP contribution in [-0.2, 0) is 14.3 Å². The SMILES string of the molecule is COCCN1CC2(CCNCC2)C(COC)C1=O. The van der Waals surface area contributed by atoms with E-state index in [9.17, 15) is 4.79 Å². The van der Waals surface area contributed by atoms with E-state index < -0.39 is 0 Å². The lowest BCUT2D eigenvalue weighted by molar-refractivity contribution is -0.133. The molecule has 1 spiro atoms. The van der Waals surface area contributed by atoms with Gasteiger partial charge in [0.25, 0.3) is 0 Å². The molecule has 2 heterocycles. The molecule has 2 fully saturated rings. The molecule has 5 heteroatoms. The lowest BCUT2D eigenvalue weighted by atomic mass is 9.71. The summed E-state index contributed by atoms with van der Waals surface area (Å²) in [5.41, 5.74) is 0.117. The second-order valence-electron chi connectivity index (χ2n) is 5.37. The molecule has 0 saturated carbocycles. The molecule has 0 bridgehead atoms. The Hall–Kier alpha value is -0.650. The molecule has 1 amide bonds. The normalized spacial score (nSPS) is 27.1. The molecule has 104 valence electrons. The molecule has 1 N–H and O–H groups in total. The highest BCUT2D eigenvalue weighted by Crippen LogP contribution is 2.44. The molecule has 2 saturated heterocycles. The number of carbonyl (C=O) groups is 1.